The first kappa shape index (κ1) is 12.2. The van der Waals surface area contributed by atoms with Gasteiger partial charge in [0.25, 0.3) is 0 Å². The third-order valence-electron chi connectivity index (χ3n) is 3.02. The van der Waals surface area contributed by atoms with Crippen molar-refractivity contribution in [2.24, 2.45) is 5.16 Å². The minimum atomic E-state index is -0.857. The van der Waals surface area contributed by atoms with Crippen molar-refractivity contribution in [1.82, 2.24) is 4.90 Å². The van der Waals surface area contributed by atoms with Gasteiger partial charge in [0.05, 0.1) is 6.21 Å². The van der Waals surface area contributed by atoms with Crippen LogP contribution in [0.3, 0.4) is 0 Å². The Hall–Kier alpha value is -2.24. The third kappa shape index (κ3) is 2.71. The predicted molar refractivity (Wildman–Crippen MR) is 67.6 cm³/mol. The molecule has 1 heterocycles. The minimum absolute atomic E-state index is 0.523. The maximum atomic E-state index is 10.8. The second kappa shape index (κ2) is 5.39. The quantitative estimate of drug-likeness (QED) is 0.470. The van der Waals surface area contributed by atoms with E-state index < -0.39 is 6.09 Å². The smallest absolute Gasteiger partial charge is 0.407 e. The van der Waals surface area contributed by atoms with Crippen molar-refractivity contribution in [3.63, 3.8) is 0 Å². The topological polar surface area (TPSA) is 76.4 Å². The molecule has 0 aromatic heterocycles. The molecule has 6 heteroatoms. The number of rotatable bonds is 2. The van der Waals surface area contributed by atoms with E-state index in [9.17, 15) is 4.79 Å². The highest BCUT2D eigenvalue weighted by Gasteiger charge is 2.20. The van der Waals surface area contributed by atoms with Crippen molar-refractivity contribution in [2.45, 2.75) is 0 Å². The molecular weight excluding hydrogens is 234 g/mol. The molecule has 1 amide bonds. The number of carboxylic acid groups (broad SMARTS) is 1. The highest BCUT2D eigenvalue weighted by Crippen LogP contribution is 2.16. The van der Waals surface area contributed by atoms with Crippen LogP contribution in [0, 0.1) is 0 Å². The number of carbonyl (C=O) groups is 1. The Bertz CT molecular complexity index is 436. The SMILES string of the molecule is O=C(O)N1CCN(c2ccc(/C=N\O)cc2)CC1. The summed E-state index contributed by atoms with van der Waals surface area (Å²) in [6.45, 7) is 2.43. The number of anilines is 1. The number of oxime groups is 1. The molecule has 0 unspecified atom stereocenters. The molecule has 0 atom stereocenters. The Morgan fingerprint density at radius 2 is 1.78 bits per heavy atom. The maximum absolute atomic E-state index is 10.8. The molecule has 18 heavy (non-hydrogen) atoms. The van der Waals surface area contributed by atoms with Crippen LogP contribution in [0.2, 0.25) is 0 Å². The molecule has 0 radical (unpaired) electrons. The highest BCUT2D eigenvalue weighted by molar-refractivity contribution is 5.79. The van der Waals surface area contributed by atoms with Crippen LogP contribution in [0.1, 0.15) is 5.56 Å². The largest absolute Gasteiger partial charge is 0.465 e. The van der Waals surface area contributed by atoms with Crippen LogP contribution in [0.15, 0.2) is 29.4 Å². The van der Waals surface area contributed by atoms with Gasteiger partial charge in [0.1, 0.15) is 0 Å². The summed E-state index contributed by atoms with van der Waals surface area (Å²) < 4.78 is 0. The van der Waals surface area contributed by atoms with Gasteiger partial charge < -0.3 is 20.1 Å². The summed E-state index contributed by atoms with van der Waals surface area (Å²) in [7, 11) is 0. The standard InChI is InChI=1S/C12H15N3O3/c16-12(17)15-7-5-14(6-8-15)11-3-1-10(2-4-11)9-13-18/h1-4,9,18H,5-8H2,(H,16,17)/b13-9-. The number of benzene rings is 1. The van der Waals surface area contributed by atoms with Gasteiger partial charge in [-0.3, -0.25) is 0 Å². The second-order valence-electron chi connectivity index (χ2n) is 4.09. The fourth-order valence-corrected chi connectivity index (χ4v) is 1.99. The van der Waals surface area contributed by atoms with E-state index in [0.29, 0.717) is 26.2 Å². The van der Waals surface area contributed by atoms with Crippen molar-refractivity contribution < 1.29 is 15.1 Å². The Morgan fingerprint density at radius 3 is 2.28 bits per heavy atom. The van der Waals surface area contributed by atoms with Crippen molar-refractivity contribution in [3.8, 4) is 0 Å². The summed E-state index contributed by atoms with van der Waals surface area (Å²) in [5.41, 5.74) is 1.88. The number of hydrogen-bond acceptors (Lipinski definition) is 4. The van der Waals surface area contributed by atoms with Gasteiger partial charge in [-0.05, 0) is 17.7 Å². The number of hydrogen-bond donors (Lipinski definition) is 2. The number of amides is 1. The normalized spacial score (nSPS) is 16.2. The molecule has 1 aliphatic rings. The number of nitrogens with zero attached hydrogens (tertiary/aromatic N) is 3. The Kier molecular flexibility index (Phi) is 3.66. The average Bonchev–Trinajstić information content (AvgIpc) is 2.40. The zero-order chi connectivity index (χ0) is 13.0. The summed E-state index contributed by atoms with van der Waals surface area (Å²) in [6, 6.07) is 7.60. The van der Waals surface area contributed by atoms with Crippen LogP contribution in [0.25, 0.3) is 0 Å². The molecule has 2 N–H and O–H groups in total. The number of piperazine rings is 1. The molecule has 0 saturated carbocycles. The van der Waals surface area contributed by atoms with Gasteiger partial charge in [-0.15, -0.1) is 0 Å². The molecule has 1 fully saturated rings. The summed E-state index contributed by atoms with van der Waals surface area (Å²) in [5, 5.41) is 20.2. The lowest BCUT2D eigenvalue weighted by Crippen LogP contribution is -2.48. The monoisotopic (exact) mass is 249 g/mol. The molecule has 0 bridgehead atoms. The van der Waals surface area contributed by atoms with E-state index >= 15 is 0 Å². The molecular formula is C12H15N3O3. The summed E-state index contributed by atoms with van der Waals surface area (Å²) in [6.07, 6.45) is 0.510. The van der Waals surface area contributed by atoms with E-state index in [2.05, 4.69) is 10.1 Å². The van der Waals surface area contributed by atoms with Gasteiger partial charge in [0.2, 0.25) is 0 Å². The molecule has 1 aliphatic heterocycles. The first-order chi connectivity index (χ1) is 8.70. The molecule has 0 spiro atoms. The molecule has 1 aromatic rings. The van der Waals surface area contributed by atoms with E-state index in [0.717, 1.165) is 11.3 Å². The van der Waals surface area contributed by atoms with E-state index in [4.69, 9.17) is 10.3 Å². The highest BCUT2D eigenvalue weighted by atomic mass is 16.4. The Morgan fingerprint density at radius 1 is 1.17 bits per heavy atom. The third-order valence-corrected chi connectivity index (χ3v) is 3.02. The molecule has 1 saturated heterocycles. The van der Waals surface area contributed by atoms with E-state index in [1.54, 1.807) is 0 Å². The molecule has 6 nitrogen and oxygen atoms in total. The first-order valence-electron chi connectivity index (χ1n) is 5.71. The zero-order valence-electron chi connectivity index (χ0n) is 9.86. The summed E-state index contributed by atoms with van der Waals surface area (Å²) in [4.78, 5) is 14.3. The van der Waals surface area contributed by atoms with Crippen LogP contribution in [-0.2, 0) is 0 Å². The van der Waals surface area contributed by atoms with Crippen molar-refractivity contribution in [3.05, 3.63) is 29.8 Å². The Balaban J connectivity index is 1.99. The van der Waals surface area contributed by atoms with Crippen molar-refractivity contribution >= 4 is 18.0 Å². The van der Waals surface area contributed by atoms with Crippen molar-refractivity contribution in [1.29, 1.82) is 0 Å². The van der Waals surface area contributed by atoms with Gasteiger partial charge in [0, 0.05) is 31.9 Å². The van der Waals surface area contributed by atoms with Crippen LogP contribution in [0.5, 0.6) is 0 Å². The molecule has 1 aromatic carbocycles. The average molecular weight is 249 g/mol. The van der Waals surface area contributed by atoms with Gasteiger partial charge >= 0.3 is 6.09 Å². The van der Waals surface area contributed by atoms with Gasteiger partial charge in [-0.25, -0.2) is 4.79 Å². The predicted octanol–water partition coefficient (Wildman–Crippen LogP) is 1.29. The molecule has 2 rings (SSSR count). The first-order valence-corrected chi connectivity index (χ1v) is 5.71. The van der Waals surface area contributed by atoms with Crippen LogP contribution >= 0.6 is 0 Å². The maximum Gasteiger partial charge on any atom is 0.407 e. The Labute approximate surface area is 105 Å². The summed E-state index contributed by atoms with van der Waals surface area (Å²) in [5.74, 6) is 0. The van der Waals surface area contributed by atoms with Crippen LogP contribution < -0.4 is 4.90 Å². The van der Waals surface area contributed by atoms with Gasteiger partial charge in [-0.2, -0.15) is 0 Å². The van der Waals surface area contributed by atoms with Gasteiger partial charge in [-0.1, -0.05) is 17.3 Å². The summed E-state index contributed by atoms with van der Waals surface area (Å²) >= 11 is 0. The molecule has 0 aliphatic carbocycles. The van der Waals surface area contributed by atoms with Crippen LogP contribution in [-0.4, -0.2) is 53.7 Å². The lowest BCUT2D eigenvalue weighted by Gasteiger charge is -2.34. The van der Waals surface area contributed by atoms with E-state index in [-0.39, 0.29) is 0 Å². The lowest BCUT2D eigenvalue weighted by molar-refractivity contribution is 0.142. The zero-order valence-corrected chi connectivity index (χ0v) is 9.86. The van der Waals surface area contributed by atoms with E-state index in [1.807, 2.05) is 24.3 Å². The fraction of sp³-hybridized carbons (Fsp3) is 0.333. The van der Waals surface area contributed by atoms with Gasteiger partial charge in [0.15, 0.2) is 0 Å². The lowest BCUT2D eigenvalue weighted by atomic mass is 10.2. The second-order valence-corrected chi connectivity index (χ2v) is 4.09. The minimum Gasteiger partial charge on any atom is -0.465 e. The molecule has 96 valence electrons. The fourth-order valence-electron chi connectivity index (χ4n) is 1.99. The van der Waals surface area contributed by atoms with Crippen LogP contribution in [0.4, 0.5) is 10.5 Å². The van der Waals surface area contributed by atoms with E-state index in [1.165, 1.54) is 11.1 Å². The van der Waals surface area contributed by atoms with Crippen molar-refractivity contribution in [2.75, 3.05) is 31.1 Å².